The van der Waals surface area contributed by atoms with E-state index >= 15 is 0 Å². The maximum atomic E-state index is 12.9. The van der Waals surface area contributed by atoms with E-state index in [9.17, 15) is 4.79 Å². The second-order valence-corrected chi connectivity index (χ2v) is 6.96. The zero-order valence-electron chi connectivity index (χ0n) is 17.2. The van der Waals surface area contributed by atoms with E-state index in [1.165, 1.54) is 0 Å². The van der Waals surface area contributed by atoms with Gasteiger partial charge in [0.2, 0.25) is 0 Å². The third-order valence-electron chi connectivity index (χ3n) is 5.03. The highest BCUT2D eigenvalue weighted by molar-refractivity contribution is 5.95. The van der Waals surface area contributed by atoms with E-state index in [1.54, 1.807) is 12.1 Å². The first kappa shape index (κ1) is 21.0. The van der Waals surface area contributed by atoms with Crippen molar-refractivity contribution in [2.45, 2.75) is 25.8 Å². The Labute approximate surface area is 172 Å². The Morgan fingerprint density at radius 2 is 1.72 bits per heavy atom. The number of carbonyl (C=O) groups is 1. The van der Waals surface area contributed by atoms with Gasteiger partial charge in [0, 0.05) is 24.7 Å². The number of nitrogens with one attached hydrogen (secondary N) is 1. The number of amides is 1. The number of nitrogens with zero attached hydrogens (tertiary/aromatic N) is 1. The fraction of sp³-hybridized carbons (Fsp3) is 0.435. The molecule has 0 aromatic heterocycles. The number of para-hydroxylation sites is 1. The third-order valence-corrected chi connectivity index (χ3v) is 5.03. The number of hydrogen-bond donors (Lipinski definition) is 1. The van der Waals surface area contributed by atoms with E-state index in [-0.39, 0.29) is 5.91 Å². The van der Waals surface area contributed by atoms with Crippen molar-refractivity contribution in [3.05, 3.63) is 54.1 Å². The van der Waals surface area contributed by atoms with Crippen LogP contribution in [-0.4, -0.2) is 56.8 Å². The van der Waals surface area contributed by atoms with Crippen molar-refractivity contribution >= 4 is 5.91 Å². The van der Waals surface area contributed by atoms with Crippen molar-refractivity contribution in [1.29, 1.82) is 0 Å². The minimum absolute atomic E-state index is 0.0412. The lowest BCUT2D eigenvalue weighted by molar-refractivity contribution is 0.0706. The van der Waals surface area contributed by atoms with Crippen LogP contribution in [0.4, 0.5) is 0 Å². The van der Waals surface area contributed by atoms with Crippen LogP contribution in [0.25, 0.3) is 0 Å². The molecule has 0 atom stereocenters. The fourth-order valence-corrected chi connectivity index (χ4v) is 3.41. The molecule has 0 unspecified atom stereocenters. The summed E-state index contributed by atoms with van der Waals surface area (Å²) in [6.07, 6.45) is 1.95. The van der Waals surface area contributed by atoms with Crippen molar-refractivity contribution in [2.75, 3.05) is 40.0 Å². The molecule has 0 aliphatic carbocycles. The van der Waals surface area contributed by atoms with Gasteiger partial charge in [-0.2, -0.15) is 0 Å². The molecule has 1 fully saturated rings. The summed E-state index contributed by atoms with van der Waals surface area (Å²) < 4.78 is 17.2. The van der Waals surface area contributed by atoms with E-state index in [2.05, 4.69) is 5.32 Å². The Kier molecular flexibility index (Phi) is 7.76. The summed E-state index contributed by atoms with van der Waals surface area (Å²) in [5, 5.41) is 3.29. The lowest BCUT2D eigenvalue weighted by atomic mass is 10.0. The molecule has 0 spiro atoms. The number of piperidine rings is 1. The number of carbonyl (C=O) groups excluding carboxylic acids is 1. The molecule has 1 saturated heterocycles. The van der Waals surface area contributed by atoms with E-state index < -0.39 is 0 Å². The lowest BCUT2D eigenvalue weighted by Gasteiger charge is -2.32. The monoisotopic (exact) mass is 398 g/mol. The van der Waals surface area contributed by atoms with Gasteiger partial charge in [0.1, 0.15) is 19.0 Å². The molecular formula is C23H30N2O4. The number of ether oxygens (including phenoxy) is 3. The quantitative estimate of drug-likeness (QED) is 0.657. The molecule has 2 aromatic rings. The summed E-state index contributed by atoms with van der Waals surface area (Å²) >= 11 is 0. The topological polar surface area (TPSA) is 60.0 Å². The lowest BCUT2D eigenvalue weighted by Crippen LogP contribution is -2.43. The van der Waals surface area contributed by atoms with Crippen LogP contribution in [0.1, 0.15) is 30.1 Å². The van der Waals surface area contributed by atoms with E-state index in [1.807, 2.05) is 55.3 Å². The third kappa shape index (κ3) is 5.87. The molecule has 29 heavy (non-hydrogen) atoms. The van der Waals surface area contributed by atoms with Crippen LogP contribution in [0.2, 0.25) is 0 Å². The average Bonchev–Trinajstić information content (AvgIpc) is 2.78. The van der Waals surface area contributed by atoms with Crippen LogP contribution in [-0.2, 0) is 0 Å². The van der Waals surface area contributed by atoms with Gasteiger partial charge in [-0.1, -0.05) is 18.2 Å². The van der Waals surface area contributed by atoms with Crippen molar-refractivity contribution in [3.63, 3.8) is 0 Å². The zero-order chi connectivity index (χ0) is 20.5. The highest BCUT2D eigenvalue weighted by atomic mass is 16.5. The summed E-state index contributed by atoms with van der Waals surface area (Å²) in [6, 6.07) is 15.5. The van der Waals surface area contributed by atoms with Gasteiger partial charge in [0.25, 0.3) is 5.91 Å². The Morgan fingerprint density at radius 1 is 1.00 bits per heavy atom. The molecule has 0 radical (unpaired) electrons. The SMILES string of the molecule is CCOc1cc(C(=O)N2CCC(NC)CC2)ccc1OCCOc1ccccc1. The standard InChI is InChI=1S/C23H30N2O4/c1-3-27-22-17-18(23(26)25-13-11-19(24-2)12-14-25)9-10-21(22)29-16-15-28-20-7-5-4-6-8-20/h4-10,17,19,24H,3,11-16H2,1-2H3. The normalized spacial score (nSPS) is 14.5. The summed E-state index contributed by atoms with van der Waals surface area (Å²) in [7, 11) is 1.97. The molecule has 1 amide bonds. The van der Waals surface area contributed by atoms with Crippen LogP contribution in [0.3, 0.4) is 0 Å². The van der Waals surface area contributed by atoms with Crippen LogP contribution >= 0.6 is 0 Å². The summed E-state index contributed by atoms with van der Waals surface area (Å²) in [4.78, 5) is 14.8. The van der Waals surface area contributed by atoms with Gasteiger partial charge in [-0.05, 0) is 57.1 Å². The average molecular weight is 399 g/mol. The predicted octanol–water partition coefficient (Wildman–Crippen LogP) is 3.37. The van der Waals surface area contributed by atoms with Gasteiger partial charge < -0.3 is 24.4 Å². The van der Waals surface area contributed by atoms with Gasteiger partial charge in [-0.25, -0.2) is 0 Å². The van der Waals surface area contributed by atoms with Crippen LogP contribution in [0, 0.1) is 0 Å². The second kappa shape index (κ2) is 10.7. The predicted molar refractivity (Wildman–Crippen MR) is 113 cm³/mol. The van der Waals surface area contributed by atoms with Crippen LogP contribution in [0.15, 0.2) is 48.5 Å². The molecule has 3 rings (SSSR count). The van der Waals surface area contributed by atoms with Crippen LogP contribution in [0.5, 0.6) is 17.2 Å². The minimum atomic E-state index is 0.0412. The van der Waals surface area contributed by atoms with Gasteiger partial charge in [0.15, 0.2) is 11.5 Å². The van der Waals surface area contributed by atoms with Gasteiger partial charge in [0.05, 0.1) is 6.61 Å². The maximum absolute atomic E-state index is 12.9. The number of likely N-dealkylation sites (tertiary alicyclic amines) is 1. The summed E-state index contributed by atoms with van der Waals surface area (Å²) in [5.74, 6) is 2.06. The van der Waals surface area contributed by atoms with E-state index in [0.717, 1.165) is 31.7 Å². The highest BCUT2D eigenvalue weighted by Crippen LogP contribution is 2.29. The Morgan fingerprint density at radius 3 is 2.41 bits per heavy atom. The molecule has 1 aliphatic rings. The molecule has 0 saturated carbocycles. The first-order valence-corrected chi connectivity index (χ1v) is 10.2. The molecule has 6 nitrogen and oxygen atoms in total. The number of benzene rings is 2. The summed E-state index contributed by atoms with van der Waals surface area (Å²) in [6.45, 7) is 4.77. The molecule has 6 heteroatoms. The fourth-order valence-electron chi connectivity index (χ4n) is 3.41. The Hall–Kier alpha value is -2.73. The first-order valence-electron chi connectivity index (χ1n) is 10.2. The van der Waals surface area contributed by atoms with Gasteiger partial charge in [-0.3, -0.25) is 4.79 Å². The molecule has 2 aromatic carbocycles. The number of rotatable bonds is 9. The maximum Gasteiger partial charge on any atom is 0.253 e. The van der Waals surface area contributed by atoms with Crippen molar-refractivity contribution in [2.24, 2.45) is 0 Å². The smallest absolute Gasteiger partial charge is 0.253 e. The Bertz CT molecular complexity index is 774. The van der Waals surface area contributed by atoms with Crippen molar-refractivity contribution in [1.82, 2.24) is 10.2 Å². The zero-order valence-corrected chi connectivity index (χ0v) is 17.2. The minimum Gasteiger partial charge on any atom is -0.490 e. The molecule has 1 aliphatic heterocycles. The Balaban J connectivity index is 1.58. The molecular weight excluding hydrogens is 368 g/mol. The van der Waals surface area contributed by atoms with Crippen LogP contribution < -0.4 is 19.5 Å². The first-order chi connectivity index (χ1) is 14.2. The van der Waals surface area contributed by atoms with E-state index in [4.69, 9.17) is 14.2 Å². The second-order valence-electron chi connectivity index (χ2n) is 6.96. The van der Waals surface area contributed by atoms with Gasteiger partial charge >= 0.3 is 0 Å². The largest absolute Gasteiger partial charge is 0.490 e. The van der Waals surface area contributed by atoms with E-state index in [0.29, 0.717) is 42.9 Å². The molecule has 1 heterocycles. The highest BCUT2D eigenvalue weighted by Gasteiger charge is 2.23. The van der Waals surface area contributed by atoms with Gasteiger partial charge in [-0.15, -0.1) is 0 Å². The summed E-state index contributed by atoms with van der Waals surface area (Å²) in [5.41, 5.74) is 0.629. The molecule has 156 valence electrons. The molecule has 0 bridgehead atoms. The van der Waals surface area contributed by atoms with Crippen molar-refractivity contribution in [3.8, 4) is 17.2 Å². The van der Waals surface area contributed by atoms with Crippen molar-refractivity contribution < 1.29 is 19.0 Å². The molecule has 1 N–H and O–H groups in total. The number of hydrogen-bond acceptors (Lipinski definition) is 5.